The molecule has 0 spiro atoms. The molecule has 6 rings (SSSR count). The highest BCUT2D eigenvalue weighted by atomic mass is 19.1. The summed E-state index contributed by atoms with van der Waals surface area (Å²) in [5.41, 5.74) is 6.89. The zero-order valence-electron chi connectivity index (χ0n) is 21.4. The molecule has 9 nitrogen and oxygen atoms in total. The van der Waals surface area contributed by atoms with E-state index in [1.54, 1.807) is 24.7 Å². The van der Waals surface area contributed by atoms with Crippen molar-refractivity contribution in [2.45, 2.75) is 13.8 Å². The van der Waals surface area contributed by atoms with Crippen molar-refractivity contribution in [1.82, 2.24) is 30.1 Å². The number of hydrogen-bond acceptors (Lipinski definition) is 6. The van der Waals surface area contributed by atoms with E-state index in [4.69, 9.17) is 9.72 Å². The Bertz CT molecular complexity index is 1860. The summed E-state index contributed by atoms with van der Waals surface area (Å²) in [4.78, 5) is 29.1. The maximum atomic E-state index is 14.3. The number of carbonyl (C=O) groups is 1. The summed E-state index contributed by atoms with van der Waals surface area (Å²) in [6.07, 6.45) is 4.98. The molecule has 0 aliphatic rings. The Balaban J connectivity index is 1.41. The maximum Gasteiger partial charge on any atom is 0.226 e. The number of methoxy groups -OCH3 is 1. The molecule has 0 fully saturated rings. The van der Waals surface area contributed by atoms with Gasteiger partial charge in [0.2, 0.25) is 5.91 Å². The van der Waals surface area contributed by atoms with Crippen molar-refractivity contribution in [3.8, 4) is 39.5 Å². The first-order valence-electron chi connectivity index (χ1n) is 12.3. The number of benzene rings is 1. The van der Waals surface area contributed by atoms with Crippen LogP contribution in [0, 0.1) is 11.7 Å². The van der Waals surface area contributed by atoms with Gasteiger partial charge in [-0.25, -0.2) is 14.4 Å². The fraction of sp³-hybridized carbons (Fsp3) is 0.138. The normalized spacial score (nSPS) is 11.4. The van der Waals surface area contributed by atoms with E-state index in [0.29, 0.717) is 45.2 Å². The van der Waals surface area contributed by atoms with Gasteiger partial charge in [0.25, 0.3) is 0 Å². The van der Waals surface area contributed by atoms with E-state index >= 15 is 0 Å². The fourth-order valence-electron chi connectivity index (χ4n) is 4.42. The molecule has 0 saturated carbocycles. The Morgan fingerprint density at radius 1 is 1.05 bits per heavy atom. The molecule has 3 N–H and O–H groups in total. The first-order chi connectivity index (χ1) is 18.9. The van der Waals surface area contributed by atoms with Crippen LogP contribution < -0.4 is 10.1 Å². The number of nitrogens with one attached hydrogen (secondary N) is 3. The Labute approximate surface area is 222 Å². The van der Waals surface area contributed by atoms with Gasteiger partial charge in [0.1, 0.15) is 28.4 Å². The van der Waals surface area contributed by atoms with Crippen LogP contribution in [0.25, 0.3) is 55.8 Å². The lowest BCUT2D eigenvalue weighted by atomic mass is 10.0. The molecule has 0 aliphatic carbocycles. The van der Waals surface area contributed by atoms with Crippen molar-refractivity contribution >= 4 is 33.7 Å². The Hall–Kier alpha value is -5.12. The molecule has 0 aliphatic heterocycles. The van der Waals surface area contributed by atoms with E-state index in [1.807, 2.05) is 44.2 Å². The van der Waals surface area contributed by atoms with E-state index in [0.717, 1.165) is 22.0 Å². The second kappa shape index (κ2) is 9.64. The quantitative estimate of drug-likeness (QED) is 0.248. The number of aromatic nitrogens is 6. The van der Waals surface area contributed by atoms with Gasteiger partial charge in [-0.05, 0) is 53.6 Å². The van der Waals surface area contributed by atoms with Crippen molar-refractivity contribution in [3.63, 3.8) is 0 Å². The predicted octanol–water partition coefficient (Wildman–Crippen LogP) is 5.97. The van der Waals surface area contributed by atoms with Crippen molar-refractivity contribution in [2.75, 3.05) is 12.4 Å². The highest BCUT2D eigenvalue weighted by Crippen LogP contribution is 2.35. The summed E-state index contributed by atoms with van der Waals surface area (Å²) in [6.45, 7) is 3.67. The number of carbonyl (C=O) groups excluding carboxylic acids is 1. The van der Waals surface area contributed by atoms with Crippen molar-refractivity contribution in [3.05, 3.63) is 72.9 Å². The minimum Gasteiger partial charge on any atom is -0.497 e. The molecule has 10 heteroatoms. The minimum atomic E-state index is -0.387. The van der Waals surface area contributed by atoms with Crippen LogP contribution in [-0.2, 0) is 4.79 Å². The number of fused-ring (bicyclic) bond motifs is 2. The molecule has 0 atom stereocenters. The van der Waals surface area contributed by atoms with E-state index in [-0.39, 0.29) is 17.6 Å². The number of aromatic amines is 2. The van der Waals surface area contributed by atoms with Crippen molar-refractivity contribution < 1.29 is 13.9 Å². The number of hydrogen-bond donors (Lipinski definition) is 3. The van der Waals surface area contributed by atoms with Gasteiger partial charge in [0, 0.05) is 35.3 Å². The number of pyridine rings is 3. The monoisotopic (exact) mass is 521 g/mol. The number of nitrogens with zero attached hydrogens (tertiary/aromatic N) is 4. The number of amides is 1. The molecule has 0 bridgehead atoms. The van der Waals surface area contributed by atoms with Crippen LogP contribution >= 0.6 is 0 Å². The van der Waals surface area contributed by atoms with Crippen LogP contribution in [0.1, 0.15) is 13.8 Å². The maximum absolute atomic E-state index is 14.3. The van der Waals surface area contributed by atoms with Gasteiger partial charge >= 0.3 is 0 Å². The van der Waals surface area contributed by atoms with E-state index < -0.39 is 0 Å². The van der Waals surface area contributed by atoms with E-state index in [9.17, 15) is 9.18 Å². The minimum absolute atomic E-state index is 0.0852. The number of anilines is 1. The zero-order valence-corrected chi connectivity index (χ0v) is 21.4. The lowest BCUT2D eigenvalue weighted by molar-refractivity contribution is -0.118. The van der Waals surface area contributed by atoms with Crippen LogP contribution in [0.4, 0.5) is 10.1 Å². The standard InChI is InChI=1S/C29H24FN7O2/c1-15(2)29(38)33-19-9-17(13-31-14-19)23-4-5-24-26(34-23)27(37-36-24)25-12-22-21(6-7-32-28(22)35-25)16-8-18(30)11-20(10-16)39-3/h4-15H,1-3H3,(H,32,35)(H,33,38)(H,36,37). The van der Waals surface area contributed by atoms with Gasteiger partial charge in [0.15, 0.2) is 0 Å². The van der Waals surface area contributed by atoms with Gasteiger partial charge in [-0.15, -0.1) is 0 Å². The van der Waals surface area contributed by atoms with Gasteiger partial charge < -0.3 is 15.0 Å². The first kappa shape index (κ1) is 24.2. The van der Waals surface area contributed by atoms with Gasteiger partial charge in [-0.3, -0.25) is 14.9 Å². The molecule has 39 heavy (non-hydrogen) atoms. The summed E-state index contributed by atoms with van der Waals surface area (Å²) < 4.78 is 19.5. The van der Waals surface area contributed by atoms with Crippen LogP contribution in [0.15, 0.2) is 67.1 Å². The predicted molar refractivity (Wildman–Crippen MR) is 148 cm³/mol. The number of rotatable bonds is 6. The molecule has 194 valence electrons. The third-order valence-electron chi connectivity index (χ3n) is 6.44. The molecular weight excluding hydrogens is 497 g/mol. The van der Waals surface area contributed by atoms with Crippen LogP contribution in [0.5, 0.6) is 5.75 Å². The lowest BCUT2D eigenvalue weighted by Crippen LogP contribution is -2.17. The van der Waals surface area contributed by atoms with Crippen molar-refractivity contribution in [2.24, 2.45) is 5.92 Å². The van der Waals surface area contributed by atoms with Gasteiger partial charge in [-0.2, -0.15) is 5.10 Å². The number of halogens is 1. The molecule has 6 aromatic rings. The summed E-state index contributed by atoms with van der Waals surface area (Å²) in [6, 6.07) is 14.0. The third-order valence-corrected chi connectivity index (χ3v) is 6.44. The largest absolute Gasteiger partial charge is 0.497 e. The molecule has 1 aromatic carbocycles. The average molecular weight is 522 g/mol. The van der Waals surface area contributed by atoms with E-state index in [2.05, 4.69) is 30.5 Å². The third kappa shape index (κ3) is 4.56. The number of ether oxygens (including phenoxy) is 1. The fourth-order valence-corrected chi connectivity index (χ4v) is 4.42. The summed E-state index contributed by atoms with van der Waals surface area (Å²) in [5.74, 6) is -0.186. The average Bonchev–Trinajstić information content (AvgIpc) is 3.56. The SMILES string of the molecule is COc1cc(F)cc(-c2ccnc3[nH]c(-c4n[nH]c5ccc(-c6cncc(NC(=O)C(C)C)c6)nc45)cc23)c1. The molecule has 0 saturated heterocycles. The molecule has 5 aromatic heterocycles. The molecule has 0 radical (unpaired) electrons. The molecular formula is C29H24FN7O2. The summed E-state index contributed by atoms with van der Waals surface area (Å²) in [7, 11) is 1.51. The summed E-state index contributed by atoms with van der Waals surface area (Å²) >= 11 is 0. The first-order valence-corrected chi connectivity index (χ1v) is 12.3. The number of H-pyrrole nitrogens is 2. The van der Waals surface area contributed by atoms with Crippen LogP contribution in [0.3, 0.4) is 0 Å². The second-order valence-corrected chi connectivity index (χ2v) is 9.45. The smallest absolute Gasteiger partial charge is 0.226 e. The van der Waals surface area contributed by atoms with Crippen LogP contribution in [-0.4, -0.2) is 43.2 Å². The molecule has 5 heterocycles. The van der Waals surface area contributed by atoms with Crippen molar-refractivity contribution in [1.29, 1.82) is 0 Å². The highest BCUT2D eigenvalue weighted by molar-refractivity contribution is 5.99. The van der Waals surface area contributed by atoms with Crippen LogP contribution in [0.2, 0.25) is 0 Å². The lowest BCUT2D eigenvalue weighted by Gasteiger charge is -2.08. The highest BCUT2D eigenvalue weighted by Gasteiger charge is 2.17. The Morgan fingerprint density at radius 3 is 2.74 bits per heavy atom. The molecule has 1 amide bonds. The van der Waals surface area contributed by atoms with Gasteiger partial charge in [0.05, 0.1) is 35.9 Å². The summed E-state index contributed by atoms with van der Waals surface area (Å²) in [5, 5.41) is 11.2. The zero-order chi connectivity index (χ0) is 27.1. The molecule has 0 unspecified atom stereocenters. The topological polar surface area (TPSA) is 121 Å². The Kier molecular flexibility index (Phi) is 5.99. The second-order valence-electron chi connectivity index (χ2n) is 9.45. The Morgan fingerprint density at radius 2 is 1.92 bits per heavy atom. The van der Waals surface area contributed by atoms with Gasteiger partial charge in [-0.1, -0.05) is 13.8 Å². The van der Waals surface area contributed by atoms with E-state index in [1.165, 1.54) is 19.2 Å².